The van der Waals surface area contributed by atoms with Gasteiger partial charge in [-0.1, -0.05) is 17.8 Å². The Hall–Kier alpha value is -1.15. The van der Waals surface area contributed by atoms with Gasteiger partial charge in [-0.05, 0) is 12.1 Å². The summed E-state index contributed by atoms with van der Waals surface area (Å²) in [5.74, 6) is -0.395. The van der Waals surface area contributed by atoms with Gasteiger partial charge in [0.1, 0.15) is 0 Å². The molecule has 16 heavy (non-hydrogen) atoms. The Labute approximate surface area is 95.9 Å². The molecule has 2 aromatic heterocycles. The van der Waals surface area contributed by atoms with Gasteiger partial charge >= 0.3 is 10.2 Å². The molecule has 0 radical (unpaired) electrons. The number of nitrogens with zero attached hydrogens (tertiary/aromatic N) is 3. The van der Waals surface area contributed by atoms with Crippen molar-refractivity contribution in [2.24, 2.45) is 0 Å². The van der Waals surface area contributed by atoms with Crippen LogP contribution in [0.3, 0.4) is 0 Å². The van der Waals surface area contributed by atoms with Crippen molar-refractivity contribution < 1.29 is 12.3 Å². The zero-order valence-corrected chi connectivity index (χ0v) is 9.71. The van der Waals surface area contributed by atoms with Crippen LogP contribution >= 0.6 is 11.8 Å². The van der Waals surface area contributed by atoms with Crippen LogP contribution in [-0.2, 0) is 10.2 Å². The van der Waals surface area contributed by atoms with Crippen LogP contribution in [0.5, 0.6) is 0 Å². The van der Waals surface area contributed by atoms with Gasteiger partial charge in [-0.3, -0.25) is 4.40 Å². The number of thioether (sulfide) groups is 1. The molecule has 0 bridgehead atoms. The Bertz CT molecular complexity index is 596. The zero-order chi connectivity index (χ0) is 11.6. The molecule has 8 heteroatoms. The number of hydrogen-bond acceptors (Lipinski definition) is 5. The molecule has 0 aliphatic carbocycles. The highest BCUT2D eigenvalue weighted by Gasteiger charge is 2.10. The normalized spacial score (nSPS) is 12.1. The van der Waals surface area contributed by atoms with Gasteiger partial charge in [-0.25, -0.2) is 0 Å². The lowest BCUT2D eigenvalue weighted by atomic mass is 10.5. The van der Waals surface area contributed by atoms with Crippen LogP contribution in [0.4, 0.5) is 3.89 Å². The van der Waals surface area contributed by atoms with E-state index in [0.29, 0.717) is 10.8 Å². The molecule has 2 heterocycles. The third-order valence-electron chi connectivity index (χ3n) is 1.84. The average molecular weight is 261 g/mol. The summed E-state index contributed by atoms with van der Waals surface area (Å²) in [5.41, 5.74) is 0.674. The molecule has 0 spiro atoms. The van der Waals surface area contributed by atoms with E-state index in [4.69, 9.17) is 0 Å². The van der Waals surface area contributed by atoms with Gasteiger partial charge in [0.2, 0.25) is 0 Å². The maximum Gasteiger partial charge on any atom is 0.303 e. The molecule has 5 nitrogen and oxygen atoms in total. The van der Waals surface area contributed by atoms with Gasteiger partial charge in [-0.15, -0.1) is 14.1 Å². The fourth-order valence-electron chi connectivity index (χ4n) is 1.15. The molecule has 86 valence electrons. The second kappa shape index (κ2) is 4.38. The Kier molecular flexibility index (Phi) is 3.10. The van der Waals surface area contributed by atoms with Crippen LogP contribution in [0.1, 0.15) is 0 Å². The van der Waals surface area contributed by atoms with E-state index in [-0.39, 0.29) is 5.75 Å². The molecule has 0 fully saturated rings. The first kappa shape index (κ1) is 11.3. The van der Waals surface area contributed by atoms with Gasteiger partial charge in [0.25, 0.3) is 0 Å². The molecular formula is C8H8FN3O2S2. The van der Waals surface area contributed by atoms with E-state index < -0.39 is 16.0 Å². The summed E-state index contributed by atoms with van der Waals surface area (Å²) < 4.78 is 34.6. The topological polar surface area (TPSA) is 64.3 Å². The molecule has 0 aromatic carbocycles. The Balaban J connectivity index is 2.10. The number of aromatic nitrogens is 3. The van der Waals surface area contributed by atoms with Crippen molar-refractivity contribution >= 4 is 27.6 Å². The van der Waals surface area contributed by atoms with Crippen molar-refractivity contribution in [3.05, 3.63) is 24.4 Å². The number of rotatable bonds is 4. The van der Waals surface area contributed by atoms with Crippen LogP contribution < -0.4 is 0 Å². The zero-order valence-electron chi connectivity index (χ0n) is 8.08. The van der Waals surface area contributed by atoms with Crippen LogP contribution in [-0.4, -0.2) is 34.5 Å². The van der Waals surface area contributed by atoms with Crippen LogP contribution in [0.25, 0.3) is 5.65 Å². The maximum absolute atomic E-state index is 12.2. The highest BCUT2D eigenvalue weighted by Crippen LogP contribution is 2.16. The molecule has 2 aromatic rings. The van der Waals surface area contributed by atoms with Crippen molar-refractivity contribution in [3.63, 3.8) is 0 Å². The minimum atomic E-state index is -4.41. The summed E-state index contributed by atoms with van der Waals surface area (Å²) >= 11 is 1.15. The Morgan fingerprint density at radius 3 is 2.94 bits per heavy atom. The van der Waals surface area contributed by atoms with E-state index in [1.54, 1.807) is 16.7 Å². The van der Waals surface area contributed by atoms with Crippen molar-refractivity contribution in [3.8, 4) is 0 Å². The summed E-state index contributed by atoms with van der Waals surface area (Å²) in [5, 5.41) is 8.31. The molecule has 0 atom stereocenters. The van der Waals surface area contributed by atoms with Crippen molar-refractivity contribution in [1.82, 2.24) is 14.6 Å². The summed E-state index contributed by atoms with van der Waals surface area (Å²) in [6.45, 7) is 0. The Morgan fingerprint density at radius 1 is 1.38 bits per heavy atom. The van der Waals surface area contributed by atoms with Crippen molar-refractivity contribution in [1.29, 1.82) is 0 Å². The number of hydrogen-bond donors (Lipinski definition) is 0. The van der Waals surface area contributed by atoms with E-state index >= 15 is 0 Å². The number of pyridine rings is 1. The molecule has 0 aliphatic heterocycles. The smallest absolute Gasteiger partial charge is 0.277 e. The summed E-state index contributed by atoms with van der Waals surface area (Å²) in [7, 11) is -4.41. The third-order valence-corrected chi connectivity index (χ3v) is 3.74. The minimum Gasteiger partial charge on any atom is -0.277 e. The first-order valence-corrected chi connectivity index (χ1v) is 6.95. The predicted molar refractivity (Wildman–Crippen MR) is 58.6 cm³/mol. The largest absolute Gasteiger partial charge is 0.303 e. The minimum absolute atomic E-state index is 0.120. The van der Waals surface area contributed by atoms with Crippen molar-refractivity contribution in [2.75, 3.05) is 11.5 Å². The molecule has 0 N–H and O–H groups in total. The molecule has 0 saturated heterocycles. The summed E-state index contributed by atoms with van der Waals surface area (Å²) in [6, 6.07) is 5.42. The van der Waals surface area contributed by atoms with Crippen molar-refractivity contribution in [2.45, 2.75) is 5.16 Å². The second-order valence-electron chi connectivity index (χ2n) is 3.00. The molecule has 2 rings (SSSR count). The first-order valence-electron chi connectivity index (χ1n) is 4.41. The molecule has 0 unspecified atom stereocenters. The van der Waals surface area contributed by atoms with Crippen LogP contribution in [0.15, 0.2) is 29.6 Å². The van der Waals surface area contributed by atoms with E-state index in [0.717, 1.165) is 11.8 Å². The molecule has 0 aliphatic rings. The fourth-order valence-corrected chi connectivity index (χ4v) is 2.85. The number of fused-ring (bicyclic) bond motifs is 1. The number of halogens is 1. The van der Waals surface area contributed by atoms with E-state index in [9.17, 15) is 12.3 Å². The highest BCUT2D eigenvalue weighted by atomic mass is 32.3. The first-order chi connectivity index (χ1) is 7.56. The lowest BCUT2D eigenvalue weighted by molar-refractivity contribution is 0.554. The second-order valence-corrected chi connectivity index (χ2v) is 5.55. The predicted octanol–water partition coefficient (Wildman–Crippen LogP) is 1.12. The van der Waals surface area contributed by atoms with Gasteiger partial charge < -0.3 is 0 Å². The lowest BCUT2D eigenvalue weighted by Crippen LogP contribution is -2.01. The summed E-state index contributed by atoms with van der Waals surface area (Å²) in [6.07, 6.45) is 1.77. The van der Waals surface area contributed by atoms with E-state index in [1.807, 2.05) is 12.1 Å². The molecule has 0 saturated carbocycles. The maximum atomic E-state index is 12.2. The highest BCUT2D eigenvalue weighted by molar-refractivity contribution is 8.00. The Morgan fingerprint density at radius 2 is 2.19 bits per heavy atom. The quantitative estimate of drug-likeness (QED) is 0.609. The van der Waals surface area contributed by atoms with Crippen LogP contribution in [0.2, 0.25) is 0 Å². The van der Waals surface area contributed by atoms with E-state index in [2.05, 4.69) is 10.2 Å². The summed E-state index contributed by atoms with van der Waals surface area (Å²) in [4.78, 5) is 0. The van der Waals surface area contributed by atoms with Gasteiger partial charge in [0.15, 0.2) is 10.8 Å². The van der Waals surface area contributed by atoms with Crippen LogP contribution in [0, 0.1) is 0 Å². The monoisotopic (exact) mass is 261 g/mol. The van der Waals surface area contributed by atoms with Gasteiger partial charge in [-0.2, -0.15) is 8.42 Å². The van der Waals surface area contributed by atoms with Gasteiger partial charge in [0.05, 0.1) is 5.75 Å². The van der Waals surface area contributed by atoms with E-state index in [1.165, 1.54) is 0 Å². The SMILES string of the molecule is O=S(=O)(F)CCSc1nnc2ccccn12. The van der Waals surface area contributed by atoms with Gasteiger partial charge in [0, 0.05) is 11.9 Å². The standard InChI is InChI=1S/C8H8FN3O2S2/c9-16(13,14)6-5-15-8-11-10-7-3-1-2-4-12(7)8/h1-4H,5-6H2. The average Bonchev–Trinajstić information content (AvgIpc) is 2.60. The molecular weight excluding hydrogens is 253 g/mol. The third kappa shape index (κ3) is 2.70. The fraction of sp³-hybridized carbons (Fsp3) is 0.250. The molecule has 0 amide bonds. The lowest BCUT2D eigenvalue weighted by Gasteiger charge is -1.97.